The van der Waals surface area contributed by atoms with E-state index in [0.29, 0.717) is 6.42 Å². The summed E-state index contributed by atoms with van der Waals surface area (Å²) in [6.45, 7) is 5.56. The molecule has 0 spiro atoms. The molecule has 0 radical (unpaired) electrons. The number of fused-ring (bicyclic) bond motifs is 1. The van der Waals surface area contributed by atoms with E-state index >= 15 is 0 Å². The first kappa shape index (κ1) is 17.5. The molecule has 2 aliphatic heterocycles. The standard InChI is InChI=1S/C17H24O7/c1-5-21-15(19)11-9(7-6-8-10(11)18)12-13(20-4)14-16(22-12)24-17(2,3)23-14/h6,8-9,11-14,16H,5,7H2,1-4H3/t9-,11+,12-,13+,14-,16-/m1/s1. The Labute approximate surface area is 141 Å². The molecule has 24 heavy (non-hydrogen) atoms. The molecule has 3 aliphatic rings. The fraction of sp³-hybridized carbons (Fsp3) is 0.765. The van der Waals surface area contributed by atoms with Crippen molar-refractivity contribution in [2.24, 2.45) is 11.8 Å². The van der Waals surface area contributed by atoms with E-state index in [9.17, 15) is 9.59 Å². The van der Waals surface area contributed by atoms with Crippen LogP contribution in [0.15, 0.2) is 12.2 Å². The lowest BCUT2D eigenvalue weighted by Crippen LogP contribution is -2.46. The van der Waals surface area contributed by atoms with Gasteiger partial charge in [0.15, 0.2) is 17.9 Å². The Morgan fingerprint density at radius 2 is 2.08 bits per heavy atom. The molecule has 0 N–H and O–H groups in total. The van der Waals surface area contributed by atoms with Crippen molar-refractivity contribution in [2.75, 3.05) is 13.7 Å². The molecule has 0 aromatic heterocycles. The monoisotopic (exact) mass is 340 g/mol. The van der Waals surface area contributed by atoms with Gasteiger partial charge in [-0.1, -0.05) is 6.08 Å². The molecule has 0 bridgehead atoms. The maximum atomic E-state index is 12.3. The minimum absolute atomic E-state index is 0.226. The largest absolute Gasteiger partial charge is 0.465 e. The van der Waals surface area contributed by atoms with E-state index in [2.05, 4.69) is 0 Å². The number of ether oxygens (including phenoxy) is 5. The molecule has 0 saturated carbocycles. The Kier molecular flexibility index (Phi) is 4.79. The molecule has 2 saturated heterocycles. The number of esters is 1. The summed E-state index contributed by atoms with van der Waals surface area (Å²) in [7, 11) is 1.57. The van der Waals surface area contributed by atoms with E-state index in [-0.39, 0.29) is 24.4 Å². The van der Waals surface area contributed by atoms with Crippen LogP contribution in [-0.4, -0.2) is 55.9 Å². The van der Waals surface area contributed by atoms with Crippen LogP contribution in [-0.2, 0) is 33.3 Å². The normalized spacial score (nSPS) is 40.6. The van der Waals surface area contributed by atoms with Crippen molar-refractivity contribution in [1.82, 2.24) is 0 Å². The number of methoxy groups -OCH3 is 1. The van der Waals surface area contributed by atoms with Gasteiger partial charge < -0.3 is 23.7 Å². The second-order valence-corrected chi connectivity index (χ2v) is 6.70. The smallest absolute Gasteiger partial charge is 0.317 e. The van der Waals surface area contributed by atoms with Gasteiger partial charge in [0, 0.05) is 13.0 Å². The lowest BCUT2D eigenvalue weighted by atomic mass is 9.77. The molecule has 2 fully saturated rings. The highest BCUT2D eigenvalue weighted by molar-refractivity contribution is 6.06. The minimum Gasteiger partial charge on any atom is -0.465 e. The lowest BCUT2D eigenvalue weighted by Gasteiger charge is -2.34. The predicted octanol–water partition coefficient (Wildman–Crippen LogP) is 1.20. The van der Waals surface area contributed by atoms with Crippen molar-refractivity contribution in [3.8, 4) is 0 Å². The fourth-order valence-electron chi connectivity index (χ4n) is 3.76. The van der Waals surface area contributed by atoms with E-state index in [0.717, 1.165) is 0 Å². The summed E-state index contributed by atoms with van der Waals surface area (Å²) in [6, 6.07) is 0. The van der Waals surface area contributed by atoms with Crippen LogP contribution in [0.25, 0.3) is 0 Å². The van der Waals surface area contributed by atoms with Crippen LogP contribution < -0.4 is 0 Å². The highest BCUT2D eigenvalue weighted by Crippen LogP contribution is 2.43. The van der Waals surface area contributed by atoms with Gasteiger partial charge in [0.1, 0.15) is 18.1 Å². The van der Waals surface area contributed by atoms with E-state index < -0.39 is 36.2 Å². The maximum Gasteiger partial charge on any atom is 0.317 e. The van der Waals surface area contributed by atoms with Crippen LogP contribution in [0.1, 0.15) is 27.2 Å². The SMILES string of the molecule is CCOC(=O)[C@@H]1C(=O)C=CC[C@H]1[C@H]1O[C@@H]2OC(C)(C)O[C@@H]2[C@H]1OC. The molecular weight excluding hydrogens is 316 g/mol. The van der Waals surface area contributed by atoms with Crippen LogP contribution in [0.2, 0.25) is 0 Å². The number of hydrogen-bond acceptors (Lipinski definition) is 7. The first-order chi connectivity index (χ1) is 11.4. The Hall–Kier alpha value is -1.28. The Balaban J connectivity index is 1.83. The Morgan fingerprint density at radius 1 is 1.33 bits per heavy atom. The second-order valence-electron chi connectivity index (χ2n) is 6.70. The molecule has 1 aliphatic carbocycles. The van der Waals surface area contributed by atoms with E-state index in [1.807, 2.05) is 13.8 Å². The Bertz CT molecular complexity index is 541. The van der Waals surface area contributed by atoms with Crippen molar-refractivity contribution in [3.63, 3.8) is 0 Å². The molecule has 0 amide bonds. The average Bonchev–Trinajstić information content (AvgIpc) is 2.98. The Morgan fingerprint density at radius 3 is 2.75 bits per heavy atom. The van der Waals surface area contributed by atoms with E-state index in [1.54, 1.807) is 20.1 Å². The van der Waals surface area contributed by atoms with Crippen LogP contribution in [0.4, 0.5) is 0 Å². The highest BCUT2D eigenvalue weighted by atomic mass is 16.8. The summed E-state index contributed by atoms with van der Waals surface area (Å²) in [4.78, 5) is 24.6. The minimum atomic E-state index is -0.885. The number of carbonyl (C=O) groups excluding carboxylic acids is 2. The first-order valence-electron chi connectivity index (χ1n) is 8.29. The molecule has 0 aromatic rings. The first-order valence-corrected chi connectivity index (χ1v) is 8.29. The third-order valence-corrected chi connectivity index (χ3v) is 4.69. The van der Waals surface area contributed by atoms with Crippen LogP contribution in [0.3, 0.4) is 0 Å². The van der Waals surface area contributed by atoms with E-state index in [4.69, 9.17) is 23.7 Å². The molecule has 7 nitrogen and oxygen atoms in total. The topological polar surface area (TPSA) is 80.3 Å². The van der Waals surface area contributed by atoms with Crippen LogP contribution in [0.5, 0.6) is 0 Å². The van der Waals surface area contributed by atoms with Crippen LogP contribution >= 0.6 is 0 Å². The summed E-state index contributed by atoms with van der Waals surface area (Å²) < 4.78 is 28.3. The average molecular weight is 340 g/mol. The summed E-state index contributed by atoms with van der Waals surface area (Å²) >= 11 is 0. The predicted molar refractivity (Wildman–Crippen MR) is 81.9 cm³/mol. The zero-order valence-corrected chi connectivity index (χ0v) is 14.4. The number of carbonyl (C=O) groups is 2. The molecular formula is C17H24O7. The molecule has 134 valence electrons. The quantitative estimate of drug-likeness (QED) is 0.562. The highest BCUT2D eigenvalue weighted by Gasteiger charge is 2.58. The summed E-state index contributed by atoms with van der Waals surface area (Å²) in [6.07, 6.45) is 1.87. The second kappa shape index (κ2) is 6.55. The third-order valence-electron chi connectivity index (χ3n) is 4.69. The van der Waals surface area contributed by atoms with Gasteiger partial charge in [-0.25, -0.2) is 0 Å². The maximum absolute atomic E-state index is 12.3. The zero-order chi connectivity index (χ0) is 17.5. The summed E-state index contributed by atoms with van der Waals surface area (Å²) in [5.74, 6) is -2.78. The molecule has 0 unspecified atom stereocenters. The van der Waals surface area contributed by atoms with Gasteiger partial charge in [0.25, 0.3) is 0 Å². The van der Waals surface area contributed by atoms with Crippen LogP contribution in [0, 0.1) is 11.8 Å². The number of allylic oxidation sites excluding steroid dienone is 2. The molecule has 6 atom stereocenters. The number of ketones is 1. The van der Waals surface area contributed by atoms with Gasteiger partial charge in [-0.2, -0.15) is 0 Å². The van der Waals surface area contributed by atoms with Gasteiger partial charge >= 0.3 is 5.97 Å². The van der Waals surface area contributed by atoms with Crippen molar-refractivity contribution in [1.29, 1.82) is 0 Å². The van der Waals surface area contributed by atoms with Gasteiger partial charge in [-0.3, -0.25) is 9.59 Å². The van der Waals surface area contributed by atoms with Crippen molar-refractivity contribution in [2.45, 2.75) is 57.6 Å². The summed E-state index contributed by atoms with van der Waals surface area (Å²) in [5.41, 5.74) is 0. The zero-order valence-electron chi connectivity index (χ0n) is 14.4. The van der Waals surface area contributed by atoms with Crippen molar-refractivity contribution >= 4 is 11.8 Å². The lowest BCUT2D eigenvalue weighted by molar-refractivity contribution is -0.225. The van der Waals surface area contributed by atoms with Crippen molar-refractivity contribution in [3.05, 3.63) is 12.2 Å². The fourth-order valence-corrected chi connectivity index (χ4v) is 3.76. The molecule has 0 aromatic carbocycles. The third kappa shape index (κ3) is 3.01. The molecule has 7 heteroatoms. The number of rotatable bonds is 4. The number of hydrogen-bond donors (Lipinski definition) is 0. The molecule has 3 rings (SSSR count). The van der Waals surface area contributed by atoms with Crippen molar-refractivity contribution < 1.29 is 33.3 Å². The van der Waals surface area contributed by atoms with Gasteiger partial charge in [0.05, 0.1) is 12.7 Å². The van der Waals surface area contributed by atoms with Gasteiger partial charge in [-0.15, -0.1) is 0 Å². The van der Waals surface area contributed by atoms with Gasteiger partial charge in [-0.05, 0) is 33.3 Å². The van der Waals surface area contributed by atoms with Gasteiger partial charge in [0.2, 0.25) is 0 Å². The molecule has 2 heterocycles. The summed E-state index contributed by atoms with van der Waals surface area (Å²) in [5, 5.41) is 0. The van der Waals surface area contributed by atoms with E-state index in [1.165, 1.54) is 6.08 Å².